The third kappa shape index (κ3) is 15.3. The number of rotatable bonds is 18. The summed E-state index contributed by atoms with van der Waals surface area (Å²) >= 11 is 17.2. The minimum absolute atomic E-state index is 0. The molecule has 0 amide bonds. The van der Waals surface area contributed by atoms with Crippen molar-refractivity contribution in [2.75, 3.05) is 185 Å². The number of anilines is 4. The second-order valence-electron chi connectivity index (χ2n) is 15.4. The summed E-state index contributed by atoms with van der Waals surface area (Å²) in [6.07, 6.45) is 1.07. The van der Waals surface area contributed by atoms with Crippen LogP contribution in [0.3, 0.4) is 0 Å². The lowest BCUT2D eigenvalue weighted by atomic mass is 10.4. The highest BCUT2D eigenvalue weighted by Crippen LogP contribution is 2.26. The van der Waals surface area contributed by atoms with Crippen LogP contribution < -0.4 is 21.3 Å². The Balaban J connectivity index is 0.000000212. The van der Waals surface area contributed by atoms with E-state index >= 15 is 0 Å². The second kappa shape index (κ2) is 25.6. The maximum Gasteiger partial charge on any atom is 0.250 e. The summed E-state index contributed by atoms with van der Waals surface area (Å²) in [6.45, 7) is 19.2. The largest absolute Gasteiger partial charge is 0.412 e. The third-order valence-corrected chi connectivity index (χ3v) is 12.4. The molecule has 23 nitrogen and oxygen atoms in total. The molecule has 4 saturated heterocycles. The van der Waals surface area contributed by atoms with Gasteiger partial charge in [0.25, 0.3) is 5.16 Å². The van der Waals surface area contributed by atoms with Crippen LogP contribution in [0.1, 0.15) is 5.82 Å². The lowest BCUT2D eigenvalue weighted by molar-refractivity contribution is 0.0398. The lowest BCUT2D eigenvalue weighted by Crippen LogP contribution is -2.39. The van der Waals surface area contributed by atoms with E-state index in [-0.39, 0.29) is 21.4 Å². The van der Waals surface area contributed by atoms with E-state index < -0.39 is 9.84 Å². The van der Waals surface area contributed by atoms with Gasteiger partial charge in [-0.05, 0) is 0 Å². The molecular weight excluding hydrogens is 928 g/mol. The van der Waals surface area contributed by atoms with Gasteiger partial charge in [-0.2, -0.15) is 22.6 Å². The predicted octanol–water partition coefficient (Wildman–Crippen LogP) is 0.131. The number of hydrogen-bond donors (Lipinski definition) is 5. The fraction of sp³-hybridized carbons (Fsp3) is 0.684. The zero-order chi connectivity index (χ0) is 44.7. The van der Waals surface area contributed by atoms with Gasteiger partial charge in [-0.3, -0.25) is 19.6 Å². The van der Waals surface area contributed by atoms with Gasteiger partial charge in [0.05, 0.1) is 58.6 Å². The van der Waals surface area contributed by atoms with Gasteiger partial charge in [-0.15, -0.1) is 0 Å². The molecule has 27 heteroatoms. The van der Waals surface area contributed by atoms with Gasteiger partial charge in [-0.1, -0.05) is 23.2 Å². The van der Waals surface area contributed by atoms with E-state index in [1.54, 1.807) is 0 Å². The van der Waals surface area contributed by atoms with Crippen LogP contribution >= 0.6 is 35.8 Å². The van der Waals surface area contributed by atoms with Crippen molar-refractivity contribution < 1.29 is 32.8 Å². The van der Waals surface area contributed by atoms with Crippen molar-refractivity contribution in [1.29, 1.82) is 0 Å². The first-order chi connectivity index (χ1) is 31.1. The summed E-state index contributed by atoms with van der Waals surface area (Å²) in [7, 11) is -3.65. The van der Waals surface area contributed by atoms with Gasteiger partial charge in [0.2, 0.25) is 9.84 Å². The van der Waals surface area contributed by atoms with E-state index in [0.717, 1.165) is 138 Å². The molecule has 0 atom stereocenters. The summed E-state index contributed by atoms with van der Waals surface area (Å²) in [6, 6.07) is 0. The minimum atomic E-state index is -3.65. The normalized spacial score (nSPS) is 18.2. The number of sulfone groups is 1. The fourth-order valence-corrected chi connectivity index (χ4v) is 8.25. The second-order valence-corrected chi connectivity index (χ2v) is 18.3. The number of thiol groups is 1. The van der Waals surface area contributed by atoms with Gasteiger partial charge in [0.15, 0.2) is 55.9 Å². The molecule has 0 aromatic carbocycles. The van der Waals surface area contributed by atoms with E-state index in [4.69, 9.17) is 42.1 Å². The van der Waals surface area contributed by atoms with E-state index in [2.05, 4.69) is 93.4 Å². The van der Waals surface area contributed by atoms with Crippen molar-refractivity contribution in [3.63, 3.8) is 0 Å². The molecule has 0 spiro atoms. The van der Waals surface area contributed by atoms with Crippen molar-refractivity contribution in [1.82, 2.24) is 59.5 Å². The predicted molar refractivity (Wildman–Crippen MR) is 253 cm³/mol. The van der Waals surface area contributed by atoms with Crippen LogP contribution in [0, 0.1) is 0 Å². The Hall–Kier alpha value is -3.44. The summed E-state index contributed by atoms with van der Waals surface area (Å²) in [4.78, 5) is 44.7. The molecule has 0 unspecified atom stereocenters. The first-order valence-electron chi connectivity index (χ1n) is 21.6. The molecule has 4 aliphatic heterocycles. The Morgan fingerprint density at radius 3 is 1.20 bits per heavy atom. The zero-order valence-electron chi connectivity index (χ0n) is 36.6. The van der Waals surface area contributed by atoms with Crippen LogP contribution in [-0.4, -0.2) is 237 Å². The molecule has 8 rings (SSSR count). The van der Waals surface area contributed by atoms with Gasteiger partial charge in [0.1, 0.15) is 5.82 Å². The molecule has 0 bridgehead atoms. The Bertz CT molecular complexity index is 2240. The van der Waals surface area contributed by atoms with Gasteiger partial charge in [-0.25, -0.2) is 38.3 Å². The maximum atomic E-state index is 12.2. The zero-order valence-corrected chi connectivity index (χ0v) is 39.8. The lowest BCUT2D eigenvalue weighted by Gasteiger charge is -2.26. The number of hydrogen-bond acceptors (Lipinski definition) is 23. The van der Waals surface area contributed by atoms with E-state index in [1.165, 1.54) is 0 Å². The van der Waals surface area contributed by atoms with Gasteiger partial charge >= 0.3 is 0 Å². The standard InChI is InChI=1S/C19H29ClN8O4S.C19H29ClN8O2S.H2O/c1-33(29,30)19-25-16(21-2-4-27-6-10-31-11-7-27)14-17(26-19)24-18(15(20)23-14)22-3-5-28-8-12-32-13-9-28;20-16-19(22-2-4-28-7-11-30-12-8-28)26-18-15(25-16)17(23-14(13-31)24-18)21-1-3-27-5-9-29-10-6-27;/h2-13H2,1H3,(H2,21,22,24,25,26);31H,1-13H2,(H2,21,22,23,24,26);1H2. The Labute approximate surface area is 394 Å². The molecule has 0 aliphatic carbocycles. The number of fused-ring (bicyclic) bond motifs is 2. The molecule has 4 aromatic rings. The first-order valence-corrected chi connectivity index (χ1v) is 24.9. The number of ether oxygens (including phenoxy) is 4. The molecule has 8 heterocycles. The van der Waals surface area contributed by atoms with Crippen LogP contribution in [-0.2, 0) is 34.5 Å². The van der Waals surface area contributed by atoms with Crippen molar-refractivity contribution >= 4 is 91.3 Å². The molecule has 4 aromatic heterocycles. The average molecular weight is 988 g/mol. The number of aromatic nitrogens is 8. The maximum absolute atomic E-state index is 12.2. The van der Waals surface area contributed by atoms with Crippen LogP contribution in [0.25, 0.3) is 22.3 Å². The Morgan fingerprint density at radius 1 is 0.508 bits per heavy atom. The highest BCUT2D eigenvalue weighted by Gasteiger charge is 2.21. The molecule has 0 saturated carbocycles. The highest BCUT2D eigenvalue weighted by atomic mass is 35.5. The smallest absolute Gasteiger partial charge is 0.250 e. The molecule has 0 radical (unpaired) electrons. The van der Waals surface area contributed by atoms with Crippen molar-refractivity contribution in [3.05, 3.63) is 16.1 Å². The van der Waals surface area contributed by atoms with Crippen LogP contribution in [0.5, 0.6) is 0 Å². The Morgan fingerprint density at radius 2 is 0.846 bits per heavy atom. The SMILES string of the molecule is CS(=O)(=O)c1nc(NCCN2CCOCC2)c2nc(Cl)c(NCCN3CCOCC3)nc2n1.O.SCc1nc(NCCN2CCOCC2)c2nc(Cl)c(NCCN3CCOCC3)nc2n1. The number of nitrogens with zero attached hydrogens (tertiary/aromatic N) is 12. The van der Waals surface area contributed by atoms with Crippen LogP contribution in [0.4, 0.5) is 23.3 Å². The van der Waals surface area contributed by atoms with E-state index in [0.29, 0.717) is 83.0 Å². The third-order valence-electron chi connectivity index (χ3n) is 10.8. The molecule has 360 valence electrons. The minimum Gasteiger partial charge on any atom is -0.412 e. The summed E-state index contributed by atoms with van der Waals surface area (Å²) in [5.74, 6) is 2.83. The van der Waals surface area contributed by atoms with Gasteiger partial charge in [0, 0.05) is 111 Å². The van der Waals surface area contributed by atoms with E-state index in [9.17, 15) is 8.42 Å². The molecule has 65 heavy (non-hydrogen) atoms. The number of nitrogens with one attached hydrogen (secondary N) is 4. The molecule has 4 fully saturated rings. The number of morpholine rings is 4. The van der Waals surface area contributed by atoms with Crippen molar-refractivity contribution in [3.8, 4) is 0 Å². The molecule has 4 aliphatic rings. The van der Waals surface area contributed by atoms with Crippen molar-refractivity contribution in [2.45, 2.75) is 10.9 Å². The van der Waals surface area contributed by atoms with E-state index in [1.807, 2.05) is 0 Å². The summed E-state index contributed by atoms with van der Waals surface area (Å²) in [5, 5.41) is 13.2. The summed E-state index contributed by atoms with van der Waals surface area (Å²) < 4.78 is 45.9. The molecular formula is C38H60Cl2N16O7S2. The monoisotopic (exact) mass is 986 g/mol. The fourth-order valence-electron chi connectivity index (χ4n) is 7.22. The van der Waals surface area contributed by atoms with Crippen LogP contribution in [0.2, 0.25) is 10.3 Å². The molecule has 6 N–H and O–H groups in total. The topological polar surface area (TPSA) is 267 Å². The average Bonchev–Trinajstić information content (AvgIpc) is 3.31. The van der Waals surface area contributed by atoms with Crippen LogP contribution in [0.15, 0.2) is 5.16 Å². The first kappa shape index (κ1) is 51.0. The van der Waals surface area contributed by atoms with Gasteiger partial charge < -0.3 is 45.7 Å². The summed E-state index contributed by atoms with van der Waals surface area (Å²) in [5.41, 5.74) is 1.56. The van der Waals surface area contributed by atoms with Crippen molar-refractivity contribution in [2.24, 2.45) is 0 Å². The Kier molecular flexibility index (Phi) is 20.1. The highest BCUT2D eigenvalue weighted by molar-refractivity contribution is 7.90. The number of halogens is 2. The quantitative estimate of drug-likeness (QED) is 0.0655.